The van der Waals surface area contributed by atoms with Crippen LogP contribution in [0.2, 0.25) is 0 Å². The van der Waals surface area contributed by atoms with E-state index in [1.807, 2.05) is 6.92 Å². The molecule has 94 valence electrons. The molecule has 0 fully saturated rings. The largest absolute Gasteiger partial charge is 0.493 e. The van der Waals surface area contributed by atoms with Crippen molar-refractivity contribution in [2.75, 3.05) is 18.1 Å². The zero-order chi connectivity index (χ0) is 12.7. The average molecular weight is 256 g/mol. The van der Waals surface area contributed by atoms with Crippen molar-refractivity contribution in [2.24, 2.45) is 0 Å². The van der Waals surface area contributed by atoms with Gasteiger partial charge in [-0.05, 0) is 24.6 Å². The molecule has 1 unspecified atom stereocenters. The van der Waals surface area contributed by atoms with Crippen molar-refractivity contribution in [3.05, 3.63) is 29.8 Å². The van der Waals surface area contributed by atoms with Gasteiger partial charge in [-0.1, -0.05) is 13.0 Å². The minimum atomic E-state index is -0.981. The molecular formula is C12H16O4S. The molecule has 0 saturated carbocycles. The van der Waals surface area contributed by atoms with E-state index in [0.717, 1.165) is 6.42 Å². The van der Waals surface area contributed by atoms with Crippen LogP contribution in [0, 0.1) is 0 Å². The van der Waals surface area contributed by atoms with Crippen LogP contribution in [-0.4, -0.2) is 33.4 Å². The SMILES string of the molecule is CCCS(=O)CCOc1cccc(C(=O)O)c1. The third-order valence-corrected chi connectivity index (χ3v) is 3.58. The molecule has 0 radical (unpaired) electrons. The van der Waals surface area contributed by atoms with Crippen molar-refractivity contribution in [2.45, 2.75) is 13.3 Å². The highest BCUT2D eigenvalue weighted by molar-refractivity contribution is 7.84. The van der Waals surface area contributed by atoms with E-state index in [4.69, 9.17) is 9.84 Å². The number of rotatable bonds is 7. The molecule has 17 heavy (non-hydrogen) atoms. The summed E-state index contributed by atoms with van der Waals surface area (Å²) in [6.07, 6.45) is 0.890. The third-order valence-electron chi connectivity index (χ3n) is 2.09. The van der Waals surface area contributed by atoms with Crippen LogP contribution in [0.4, 0.5) is 0 Å². The van der Waals surface area contributed by atoms with Gasteiger partial charge in [0.2, 0.25) is 0 Å². The molecule has 1 atom stereocenters. The van der Waals surface area contributed by atoms with Gasteiger partial charge in [-0.2, -0.15) is 0 Å². The van der Waals surface area contributed by atoms with E-state index in [1.165, 1.54) is 12.1 Å². The molecule has 0 saturated heterocycles. The number of carbonyl (C=O) groups is 1. The molecule has 1 N–H and O–H groups in total. The molecule has 1 aromatic carbocycles. The molecule has 1 rings (SSSR count). The predicted molar refractivity (Wildman–Crippen MR) is 67.1 cm³/mol. The van der Waals surface area contributed by atoms with Gasteiger partial charge in [0, 0.05) is 16.6 Å². The number of benzene rings is 1. The summed E-state index contributed by atoms with van der Waals surface area (Å²) in [6, 6.07) is 6.28. The van der Waals surface area contributed by atoms with Crippen LogP contribution >= 0.6 is 0 Å². The molecule has 0 amide bonds. The van der Waals surface area contributed by atoms with Gasteiger partial charge in [0.25, 0.3) is 0 Å². The first-order valence-electron chi connectivity index (χ1n) is 5.44. The monoisotopic (exact) mass is 256 g/mol. The maximum Gasteiger partial charge on any atom is 0.335 e. The Bertz CT molecular complexity index is 403. The van der Waals surface area contributed by atoms with Crippen molar-refractivity contribution in [1.29, 1.82) is 0 Å². The van der Waals surface area contributed by atoms with E-state index < -0.39 is 16.8 Å². The highest BCUT2D eigenvalue weighted by atomic mass is 32.2. The Morgan fingerprint density at radius 1 is 1.41 bits per heavy atom. The maximum atomic E-state index is 11.3. The van der Waals surface area contributed by atoms with Gasteiger partial charge < -0.3 is 9.84 Å². The normalized spacial score (nSPS) is 12.1. The lowest BCUT2D eigenvalue weighted by atomic mass is 10.2. The highest BCUT2D eigenvalue weighted by Crippen LogP contribution is 2.13. The summed E-state index contributed by atoms with van der Waals surface area (Å²) >= 11 is 0. The maximum absolute atomic E-state index is 11.3. The minimum absolute atomic E-state index is 0.192. The summed E-state index contributed by atoms with van der Waals surface area (Å²) in [4.78, 5) is 10.7. The Labute approximate surface area is 103 Å². The number of hydrogen-bond donors (Lipinski definition) is 1. The van der Waals surface area contributed by atoms with Crippen molar-refractivity contribution < 1.29 is 18.8 Å². The first kappa shape index (κ1) is 13.7. The lowest BCUT2D eigenvalue weighted by molar-refractivity contribution is 0.0696. The number of hydrogen-bond acceptors (Lipinski definition) is 3. The summed E-state index contributed by atoms with van der Waals surface area (Å²) in [5, 5.41) is 8.79. The Morgan fingerprint density at radius 2 is 2.18 bits per heavy atom. The second-order valence-electron chi connectivity index (χ2n) is 3.53. The van der Waals surface area contributed by atoms with E-state index in [0.29, 0.717) is 23.9 Å². The predicted octanol–water partition coefficient (Wildman–Crippen LogP) is 1.92. The fraction of sp³-hybridized carbons (Fsp3) is 0.417. The van der Waals surface area contributed by atoms with Crippen LogP contribution in [0.1, 0.15) is 23.7 Å². The van der Waals surface area contributed by atoms with Gasteiger partial charge in [0.15, 0.2) is 0 Å². The molecule has 4 nitrogen and oxygen atoms in total. The van der Waals surface area contributed by atoms with Gasteiger partial charge >= 0.3 is 5.97 Å². The highest BCUT2D eigenvalue weighted by Gasteiger charge is 2.04. The van der Waals surface area contributed by atoms with Crippen molar-refractivity contribution in [3.63, 3.8) is 0 Å². The first-order chi connectivity index (χ1) is 8.13. The van der Waals surface area contributed by atoms with Gasteiger partial charge in [-0.3, -0.25) is 4.21 Å². The number of ether oxygens (including phenoxy) is 1. The molecule has 0 aromatic heterocycles. The molecule has 0 bridgehead atoms. The smallest absolute Gasteiger partial charge is 0.335 e. The van der Waals surface area contributed by atoms with Crippen LogP contribution < -0.4 is 4.74 Å². The van der Waals surface area contributed by atoms with Gasteiger partial charge in [-0.15, -0.1) is 0 Å². The second kappa shape index (κ2) is 7.06. The lowest BCUT2D eigenvalue weighted by Crippen LogP contribution is -2.10. The minimum Gasteiger partial charge on any atom is -0.493 e. The molecule has 0 heterocycles. The zero-order valence-electron chi connectivity index (χ0n) is 9.72. The first-order valence-corrected chi connectivity index (χ1v) is 6.93. The van der Waals surface area contributed by atoms with Crippen LogP contribution in [0.25, 0.3) is 0 Å². The quantitative estimate of drug-likeness (QED) is 0.809. The van der Waals surface area contributed by atoms with E-state index in [2.05, 4.69) is 0 Å². The molecule has 5 heteroatoms. The van der Waals surface area contributed by atoms with Crippen molar-refractivity contribution in [3.8, 4) is 5.75 Å². The van der Waals surface area contributed by atoms with Crippen molar-refractivity contribution >= 4 is 16.8 Å². The van der Waals surface area contributed by atoms with Crippen LogP contribution in [0.15, 0.2) is 24.3 Å². The molecule has 0 spiro atoms. The van der Waals surface area contributed by atoms with E-state index in [9.17, 15) is 9.00 Å². The Kier molecular flexibility index (Phi) is 5.69. The fourth-order valence-electron chi connectivity index (χ4n) is 1.30. The summed E-state index contributed by atoms with van der Waals surface area (Å²) in [5.74, 6) is 0.673. The summed E-state index contributed by atoms with van der Waals surface area (Å²) in [7, 11) is -0.849. The number of carboxylic acid groups (broad SMARTS) is 1. The molecular weight excluding hydrogens is 240 g/mol. The molecule has 0 aliphatic carbocycles. The van der Waals surface area contributed by atoms with Gasteiger partial charge in [-0.25, -0.2) is 4.79 Å². The standard InChI is InChI=1S/C12H16O4S/c1-2-7-17(15)8-6-16-11-5-3-4-10(9-11)12(13)14/h3-5,9H,2,6-8H2,1H3,(H,13,14). The van der Waals surface area contributed by atoms with Crippen LogP contribution in [-0.2, 0) is 10.8 Å². The topological polar surface area (TPSA) is 63.6 Å². The molecule has 0 aliphatic heterocycles. The fourth-order valence-corrected chi connectivity index (χ4v) is 2.23. The summed E-state index contributed by atoms with van der Waals surface area (Å²) in [5.41, 5.74) is 0.192. The Morgan fingerprint density at radius 3 is 2.82 bits per heavy atom. The van der Waals surface area contributed by atoms with Gasteiger partial charge in [0.1, 0.15) is 5.75 Å². The van der Waals surface area contributed by atoms with Crippen molar-refractivity contribution in [1.82, 2.24) is 0 Å². The summed E-state index contributed by atoms with van der Waals surface area (Å²) < 4.78 is 16.7. The van der Waals surface area contributed by atoms with E-state index >= 15 is 0 Å². The van der Waals surface area contributed by atoms with E-state index in [-0.39, 0.29) is 5.56 Å². The summed E-state index contributed by atoms with van der Waals surface area (Å²) in [6.45, 7) is 2.32. The van der Waals surface area contributed by atoms with Crippen LogP contribution in [0.5, 0.6) is 5.75 Å². The third kappa shape index (κ3) is 4.99. The zero-order valence-corrected chi connectivity index (χ0v) is 10.5. The molecule has 0 aliphatic rings. The van der Waals surface area contributed by atoms with Gasteiger partial charge in [0.05, 0.1) is 17.9 Å². The molecule has 1 aromatic rings. The number of aromatic carboxylic acids is 1. The average Bonchev–Trinajstić information content (AvgIpc) is 2.30. The lowest BCUT2D eigenvalue weighted by Gasteiger charge is -2.06. The Balaban J connectivity index is 2.44. The second-order valence-corrected chi connectivity index (χ2v) is 5.23. The van der Waals surface area contributed by atoms with Crippen LogP contribution in [0.3, 0.4) is 0 Å². The Hall–Kier alpha value is -1.36. The van der Waals surface area contributed by atoms with E-state index in [1.54, 1.807) is 12.1 Å². The number of carboxylic acids is 1.